The Morgan fingerprint density at radius 2 is 2.04 bits per heavy atom. The molecule has 3 heterocycles. The van der Waals surface area contributed by atoms with Crippen molar-refractivity contribution in [1.82, 2.24) is 14.7 Å². The Hall–Kier alpha value is -2.67. The second-order valence-corrected chi connectivity index (χ2v) is 7.26. The first-order chi connectivity index (χ1) is 13.6. The second-order valence-electron chi connectivity index (χ2n) is 7.26. The first-order valence-corrected chi connectivity index (χ1v) is 9.74. The van der Waals surface area contributed by atoms with Crippen molar-refractivity contribution in [2.45, 2.75) is 50.9 Å². The van der Waals surface area contributed by atoms with Gasteiger partial charge in [0.25, 0.3) is 5.91 Å². The monoisotopic (exact) mass is 383 g/mol. The van der Waals surface area contributed by atoms with E-state index in [1.165, 1.54) is 0 Å². The molecule has 0 saturated carbocycles. The van der Waals surface area contributed by atoms with Crippen LogP contribution in [0, 0.1) is 0 Å². The van der Waals surface area contributed by atoms with E-state index in [1.54, 1.807) is 18.7 Å². The summed E-state index contributed by atoms with van der Waals surface area (Å²) >= 11 is 0. The molecule has 2 aliphatic heterocycles. The number of hydrogen-bond acceptors (Lipinski definition) is 5. The maximum atomic E-state index is 13.4. The first-order valence-electron chi connectivity index (χ1n) is 9.74. The van der Waals surface area contributed by atoms with Gasteiger partial charge in [-0.1, -0.05) is 30.3 Å². The number of esters is 1. The van der Waals surface area contributed by atoms with Crippen LogP contribution in [0.4, 0.5) is 0 Å². The molecule has 2 aromatic rings. The summed E-state index contributed by atoms with van der Waals surface area (Å²) < 4.78 is 12.2. The molecule has 0 aliphatic carbocycles. The molecule has 3 unspecified atom stereocenters. The fraction of sp³-hybridized carbons (Fsp3) is 0.476. The van der Waals surface area contributed by atoms with Crippen LogP contribution in [-0.4, -0.2) is 46.3 Å². The highest BCUT2D eigenvalue weighted by molar-refractivity contribution is 5.83. The molecule has 2 aliphatic rings. The van der Waals surface area contributed by atoms with E-state index in [0.717, 1.165) is 29.7 Å². The number of fused-ring (bicyclic) bond motifs is 4. The summed E-state index contributed by atoms with van der Waals surface area (Å²) in [5.41, 5.74) is 2.88. The van der Waals surface area contributed by atoms with Crippen molar-refractivity contribution in [1.29, 1.82) is 0 Å². The van der Waals surface area contributed by atoms with E-state index in [0.29, 0.717) is 13.0 Å². The van der Waals surface area contributed by atoms with Gasteiger partial charge in [-0.15, -0.1) is 0 Å². The molecule has 0 N–H and O–H groups in total. The van der Waals surface area contributed by atoms with E-state index < -0.39 is 6.10 Å². The molecule has 148 valence electrons. The Morgan fingerprint density at radius 1 is 1.25 bits per heavy atom. The van der Waals surface area contributed by atoms with Crippen LogP contribution in [0.3, 0.4) is 0 Å². The van der Waals surface area contributed by atoms with Crippen LogP contribution in [0.25, 0.3) is 0 Å². The number of rotatable bonds is 6. The molecule has 1 amide bonds. The maximum Gasteiger partial charge on any atom is 0.327 e. The summed E-state index contributed by atoms with van der Waals surface area (Å²) in [5.74, 6) is -0.311. The Morgan fingerprint density at radius 3 is 2.75 bits per heavy atom. The van der Waals surface area contributed by atoms with Gasteiger partial charge in [0.05, 0.1) is 18.3 Å². The number of carbonyl (C=O) groups excluding carboxylic acids is 2. The molecule has 7 heteroatoms. The van der Waals surface area contributed by atoms with Crippen molar-refractivity contribution in [3.63, 3.8) is 0 Å². The number of amides is 1. The van der Waals surface area contributed by atoms with Gasteiger partial charge < -0.3 is 14.4 Å². The highest BCUT2D eigenvalue weighted by atomic mass is 16.5. The average Bonchev–Trinajstić information content (AvgIpc) is 3.24. The van der Waals surface area contributed by atoms with Crippen molar-refractivity contribution in [2.24, 2.45) is 0 Å². The van der Waals surface area contributed by atoms with Crippen molar-refractivity contribution < 1.29 is 19.1 Å². The third-order valence-corrected chi connectivity index (χ3v) is 5.57. The molecular formula is C21H25N3O4. The van der Waals surface area contributed by atoms with Crippen molar-refractivity contribution >= 4 is 11.9 Å². The summed E-state index contributed by atoms with van der Waals surface area (Å²) in [6.45, 7) is 2.23. The SMILES string of the molecule is CCOC(=O)Cn1cc2c(n1)CC1CCC2N1C(=O)C(OC)c1ccccc1. The van der Waals surface area contributed by atoms with Gasteiger partial charge in [-0.05, 0) is 25.3 Å². The van der Waals surface area contributed by atoms with E-state index in [4.69, 9.17) is 9.47 Å². The summed E-state index contributed by atoms with van der Waals surface area (Å²) in [6, 6.07) is 9.70. The largest absolute Gasteiger partial charge is 0.465 e. The number of methoxy groups -OCH3 is 1. The molecule has 1 aromatic heterocycles. The third-order valence-electron chi connectivity index (χ3n) is 5.57. The maximum absolute atomic E-state index is 13.4. The third kappa shape index (κ3) is 3.30. The lowest BCUT2D eigenvalue weighted by molar-refractivity contribution is -0.146. The highest BCUT2D eigenvalue weighted by Crippen LogP contribution is 2.44. The van der Waals surface area contributed by atoms with Crippen LogP contribution in [0.2, 0.25) is 0 Å². The van der Waals surface area contributed by atoms with Crippen LogP contribution in [0.15, 0.2) is 36.5 Å². The molecule has 7 nitrogen and oxygen atoms in total. The summed E-state index contributed by atoms with van der Waals surface area (Å²) in [7, 11) is 1.57. The quantitative estimate of drug-likeness (QED) is 0.717. The Labute approximate surface area is 164 Å². The van der Waals surface area contributed by atoms with Gasteiger partial charge in [-0.2, -0.15) is 5.10 Å². The second kappa shape index (κ2) is 7.75. The summed E-state index contributed by atoms with van der Waals surface area (Å²) in [4.78, 5) is 27.1. The number of benzene rings is 1. The number of hydrogen-bond donors (Lipinski definition) is 0. The lowest BCUT2D eigenvalue weighted by Crippen LogP contribution is -2.44. The smallest absolute Gasteiger partial charge is 0.327 e. The molecule has 1 fully saturated rings. The van der Waals surface area contributed by atoms with Gasteiger partial charge in [0, 0.05) is 31.3 Å². The Kier molecular flexibility index (Phi) is 5.17. The zero-order chi connectivity index (χ0) is 19.7. The lowest BCUT2D eigenvalue weighted by Gasteiger charge is -2.36. The summed E-state index contributed by atoms with van der Waals surface area (Å²) in [6.07, 6.45) is 3.84. The number of nitrogens with zero attached hydrogens (tertiary/aromatic N) is 3. The molecule has 4 rings (SSSR count). The topological polar surface area (TPSA) is 73.7 Å². The number of carbonyl (C=O) groups is 2. The predicted octanol–water partition coefficient (Wildman–Crippen LogP) is 2.42. The molecule has 0 radical (unpaired) electrons. The molecule has 1 saturated heterocycles. The number of aromatic nitrogens is 2. The van der Waals surface area contributed by atoms with Crippen LogP contribution in [-0.2, 0) is 32.0 Å². The van der Waals surface area contributed by atoms with Crippen LogP contribution in [0.5, 0.6) is 0 Å². The van der Waals surface area contributed by atoms with Gasteiger partial charge in [0.1, 0.15) is 6.54 Å². The molecule has 2 bridgehead atoms. The Balaban J connectivity index is 1.57. The van der Waals surface area contributed by atoms with Gasteiger partial charge >= 0.3 is 5.97 Å². The fourth-order valence-corrected chi connectivity index (χ4v) is 4.42. The fourth-order valence-electron chi connectivity index (χ4n) is 4.42. The zero-order valence-corrected chi connectivity index (χ0v) is 16.2. The minimum Gasteiger partial charge on any atom is -0.465 e. The molecule has 1 aromatic carbocycles. The normalized spacial score (nSPS) is 21.3. The molecule has 0 spiro atoms. The van der Waals surface area contributed by atoms with Gasteiger partial charge in [-0.25, -0.2) is 0 Å². The first kappa shape index (κ1) is 18.7. The lowest BCUT2D eigenvalue weighted by atomic mass is 9.98. The zero-order valence-electron chi connectivity index (χ0n) is 16.2. The Bertz CT molecular complexity index is 864. The number of ether oxygens (including phenoxy) is 2. The van der Waals surface area contributed by atoms with Gasteiger partial charge in [0.15, 0.2) is 6.10 Å². The van der Waals surface area contributed by atoms with Crippen molar-refractivity contribution in [3.8, 4) is 0 Å². The standard InChI is InChI=1S/C21H25N3O4/c1-3-28-19(25)13-23-12-16-17(22-23)11-15-9-10-18(16)24(15)21(26)20(27-2)14-7-5-4-6-8-14/h4-8,12,15,18,20H,3,9-11,13H2,1-2H3. The van der Waals surface area contributed by atoms with E-state index in [1.807, 2.05) is 41.4 Å². The minimum absolute atomic E-state index is 0.00927. The minimum atomic E-state index is -0.611. The van der Waals surface area contributed by atoms with Gasteiger partial charge in [-0.3, -0.25) is 14.3 Å². The molecule has 28 heavy (non-hydrogen) atoms. The predicted molar refractivity (Wildman–Crippen MR) is 101 cm³/mol. The molecule has 3 atom stereocenters. The van der Waals surface area contributed by atoms with Crippen molar-refractivity contribution in [3.05, 3.63) is 53.3 Å². The van der Waals surface area contributed by atoms with E-state index in [2.05, 4.69) is 5.10 Å². The van der Waals surface area contributed by atoms with Crippen LogP contribution >= 0.6 is 0 Å². The van der Waals surface area contributed by atoms with Crippen LogP contribution < -0.4 is 0 Å². The van der Waals surface area contributed by atoms with Crippen LogP contribution in [0.1, 0.15) is 48.7 Å². The molecular weight excluding hydrogens is 358 g/mol. The van der Waals surface area contributed by atoms with Gasteiger partial charge in [0.2, 0.25) is 0 Å². The highest BCUT2D eigenvalue weighted by Gasteiger charge is 2.46. The average molecular weight is 383 g/mol. The van der Waals surface area contributed by atoms with E-state index >= 15 is 0 Å². The van der Waals surface area contributed by atoms with Crippen molar-refractivity contribution in [2.75, 3.05) is 13.7 Å². The van der Waals surface area contributed by atoms with E-state index in [-0.39, 0.29) is 30.5 Å². The summed E-state index contributed by atoms with van der Waals surface area (Å²) in [5, 5.41) is 4.58. The van der Waals surface area contributed by atoms with E-state index in [9.17, 15) is 9.59 Å².